The third kappa shape index (κ3) is 9.66. The lowest BCUT2D eigenvalue weighted by molar-refractivity contribution is 0.613. The summed E-state index contributed by atoms with van der Waals surface area (Å²) in [6.45, 7) is 10.1. The molecule has 0 aliphatic carbocycles. The quantitative estimate of drug-likeness (QED) is 0.417. The molecule has 0 unspecified atom stereocenters. The Bertz CT molecular complexity index is 355. The van der Waals surface area contributed by atoms with Crippen LogP contribution in [-0.2, 0) is 6.42 Å². The van der Waals surface area contributed by atoms with Crippen molar-refractivity contribution in [2.75, 3.05) is 12.4 Å². The highest BCUT2D eigenvalue weighted by molar-refractivity contribution is 5.44. The topological polar surface area (TPSA) is 12.0 Å². The van der Waals surface area contributed by atoms with Gasteiger partial charge in [-0.15, -0.1) is 6.58 Å². The van der Waals surface area contributed by atoms with Crippen LogP contribution in [0.2, 0.25) is 0 Å². The molecule has 0 spiro atoms. The van der Waals surface area contributed by atoms with Crippen molar-refractivity contribution in [1.29, 1.82) is 0 Å². The molecule has 1 N–H and O–H groups in total. The fourth-order valence-electron chi connectivity index (χ4n) is 2.17. The fourth-order valence-corrected chi connectivity index (χ4v) is 2.17. The van der Waals surface area contributed by atoms with Crippen molar-refractivity contribution in [3.05, 3.63) is 42.0 Å². The summed E-state index contributed by atoms with van der Waals surface area (Å²) >= 11 is 0. The third-order valence-corrected chi connectivity index (χ3v) is 3.28. The van der Waals surface area contributed by atoms with E-state index in [2.05, 4.69) is 43.1 Å². The molecule has 0 atom stereocenters. The van der Waals surface area contributed by atoms with Gasteiger partial charge in [0.25, 0.3) is 0 Å². The number of hydrogen-bond donors (Lipinski definition) is 1. The Labute approximate surface area is 126 Å². The van der Waals surface area contributed by atoms with Crippen molar-refractivity contribution >= 4 is 5.69 Å². The highest BCUT2D eigenvalue weighted by Crippen LogP contribution is 2.14. The molecular weight excluding hydrogens is 242 g/mol. The number of benzene rings is 1. The van der Waals surface area contributed by atoms with E-state index in [-0.39, 0.29) is 0 Å². The summed E-state index contributed by atoms with van der Waals surface area (Å²) < 4.78 is 0. The Morgan fingerprint density at radius 2 is 1.70 bits per heavy atom. The van der Waals surface area contributed by atoms with E-state index in [9.17, 15) is 0 Å². The predicted molar refractivity (Wildman–Crippen MR) is 93.6 cm³/mol. The monoisotopic (exact) mass is 275 g/mol. The average Bonchev–Trinajstić information content (AvgIpc) is 2.48. The summed E-state index contributed by atoms with van der Waals surface area (Å²) in [5.41, 5.74) is 3.98. The van der Waals surface area contributed by atoms with Crippen LogP contribution in [0.15, 0.2) is 36.4 Å². The van der Waals surface area contributed by atoms with Gasteiger partial charge in [0, 0.05) is 12.7 Å². The third-order valence-electron chi connectivity index (χ3n) is 3.28. The van der Waals surface area contributed by atoms with Gasteiger partial charge in [-0.25, -0.2) is 0 Å². The van der Waals surface area contributed by atoms with E-state index in [4.69, 9.17) is 0 Å². The minimum Gasteiger partial charge on any atom is -0.388 e. The van der Waals surface area contributed by atoms with Crippen LogP contribution in [-0.4, -0.2) is 7.05 Å². The SMILES string of the molecule is C=C(C)CCCCCCCc1cccc(NC)c1.CC. The Morgan fingerprint density at radius 1 is 1.05 bits per heavy atom. The van der Waals surface area contributed by atoms with E-state index < -0.39 is 0 Å². The van der Waals surface area contributed by atoms with E-state index in [0.29, 0.717) is 0 Å². The van der Waals surface area contributed by atoms with Crippen molar-refractivity contribution in [1.82, 2.24) is 0 Å². The van der Waals surface area contributed by atoms with E-state index in [1.807, 2.05) is 20.9 Å². The first kappa shape index (κ1) is 18.8. The van der Waals surface area contributed by atoms with Crippen LogP contribution in [0.4, 0.5) is 5.69 Å². The highest BCUT2D eigenvalue weighted by atomic mass is 14.8. The van der Waals surface area contributed by atoms with Gasteiger partial charge < -0.3 is 5.32 Å². The van der Waals surface area contributed by atoms with E-state index in [1.54, 1.807) is 0 Å². The second-order valence-electron chi connectivity index (χ2n) is 5.18. The van der Waals surface area contributed by atoms with Crippen LogP contribution in [0.5, 0.6) is 0 Å². The van der Waals surface area contributed by atoms with Gasteiger partial charge in [0.1, 0.15) is 0 Å². The zero-order valence-corrected chi connectivity index (χ0v) is 14.0. The molecule has 0 saturated carbocycles. The summed E-state index contributed by atoms with van der Waals surface area (Å²) in [6.07, 6.45) is 9.08. The van der Waals surface area contributed by atoms with Gasteiger partial charge in [0.2, 0.25) is 0 Å². The number of aryl methyl sites for hydroxylation is 1. The molecule has 1 heteroatoms. The van der Waals surface area contributed by atoms with Crippen molar-refractivity contribution in [2.24, 2.45) is 0 Å². The molecule has 0 heterocycles. The van der Waals surface area contributed by atoms with Crippen LogP contribution in [0, 0.1) is 0 Å². The van der Waals surface area contributed by atoms with Crippen molar-refractivity contribution in [3.8, 4) is 0 Å². The molecule has 1 aromatic rings. The average molecular weight is 275 g/mol. The maximum atomic E-state index is 3.94. The maximum Gasteiger partial charge on any atom is 0.0340 e. The molecule has 20 heavy (non-hydrogen) atoms. The number of unbranched alkanes of at least 4 members (excludes halogenated alkanes) is 4. The molecule has 1 nitrogen and oxygen atoms in total. The summed E-state index contributed by atoms with van der Waals surface area (Å²) in [5.74, 6) is 0. The van der Waals surface area contributed by atoms with E-state index in [1.165, 1.54) is 61.8 Å². The lowest BCUT2D eigenvalue weighted by atomic mass is 10.0. The van der Waals surface area contributed by atoms with Crippen molar-refractivity contribution in [3.63, 3.8) is 0 Å². The summed E-state index contributed by atoms with van der Waals surface area (Å²) in [7, 11) is 1.97. The van der Waals surface area contributed by atoms with Crippen LogP contribution >= 0.6 is 0 Å². The van der Waals surface area contributed by atoms with Gasteiger partial charge in [-0.05, 0) is 50.3 Å². The van der Waals surface area contributed by atoms with Gasteiger partial charge in [-0.3, -0.25) is 0 Å². The first-order valence-electron chi connectivity index (χ1n) is 8.13. The Kier molecular flexibility index (Phi) is 12.0. The van der Waals surface area contributed by atoms with Crippen molar-refractivity contribution < 1.29 is 0 Å². The molecule has 0 bridgehead atoms. The van der Waals surface area contributed by atoms with E-state index in [0.717, 1.165) is 0 Å². The summed E-state index contributed by atoms with van der Waals surface area (Å²) in [5, 5.41) is 3.19. The smallest absolute Gasteiger partial charge is 0.0340 e. The van der Waals surface area contributed by atoms with Crippen LogP contribution < -0.4 is 5.32 Å². The molecule has 0 aromatic heterocycles. The maximum absolute atomic E-state index is 3.94. The van der Waals surface area contributed by atoms with E-state index >= 15 is 0 Å². The number of nitrogens with one attached hydrogen (secondary N) is 1. The van der Waals surface area contributed by atoms with Gasteiger partial charge >= 0.3 is 0 Å². The van der Waals surface area contributed by atoms with Crippen LogP contribution in [0.1, 0.15) is 64.9 Å². The Hall–Kier alpha value is -1.24. The van der Waals surface area contributed by atoms with Gasteiger partial charge in [-0.2, -0.15) is 0 Å². The van der Waals surface area contributed by atoms with Gasteiger partial charge in [-0.1, -0.05) is 50.8 Å². The molecule has 0 saturated heterocycles. The molecule has 0 aliphatic heterocycles. The zero-order valence-electron chi connectivity index (χ0n) is 14.0. The number of allylic oxidation sites excluding steroid dienone is 1. The van der Waals surface area contributed by atoms with Gasteiger partial charge in [0.15, 0.2) is 0 Å². The molecule has 1 rings (SSSR count). The molecule has 0 aliphatic rings. The van der Waals surface area contributed by atoms with Gasteiger partial charge in [0.05, 0.1) is 0 Å². The zero-order chi connectivity index (χ0) is 15.2. The fraction of sp³-hybridized carbons (Fsp3) is 0.579. The molecule has 1 aromatic carbocycles. The number of hydrogen-bond acceptors (Lipinski definition) is 1. The molecule has 114 valence electrons. The first-order valence-corrected chi connectivity index (χ1v) is 8.13. The second-order valence-corrected chi connectivity index (χ2v) is 5.18. The minimum atomic E-state index is 1.20. The first-order chi connectivity index (χ1) is 9.72. The summed E-state index contributed by atoms with van der Waals surface area (Å²) in [6, 6.07) is 8.72. The molecular formula is C19H33N. The lowest BCUT2D eigenvalue weighted by Crippen LogP contribution is -1.91. The Balaban J connectivity index is 0.00000172. The largest absolute Gasteiger partial charge is 0.388 e. The molecule has 0 radical (unpaired) electrons. The van der Waals surface area contributed by atoms with Crippen molar-refractivity contribution in [2.45, 2.75) is 65.7 Å². The van der Waals surface area contributed by atoms with Crippen LogP contribution in [0.25, 0.3) is 0 Å². The molecule has 0 amide bonds. The predicted octanol–water partition coefficient (Wildman–Crippen LogP) is 6.21. The standard InChI is InChI=1S/C17H27N.C2H6/c1-15(2)10-7-5-4-6-8-11-16-12-9-13-17(14-16)18-3;1-2/h9,12-14,18H,1,4-8,10-11H2,2-3H3;1-2H3. The lowest BCUT2D eigenvalue weighted by Gasteiger charge is -2.05. The molecule has 0 fully saturated rings. The Morgan fingerprint density at radius 3 is 2.35 bits per heavy atom. The highest BCUT2D eigenvalue weighted by Gasteiger charge is 1.96. The number of anilines is 1. The summed E-state index contributed by atoms with van der Waals surface area (Å²) in [4.78, 5) is 0. The van der Waals surface area contributed by atoms with Crippen LogP contribution in [0.3, 0.4) is 0 Å². The minimum absolute atomic E-state index is 1.20. The normalized spacial score (nSPS) is 9.60. The second kappa shape index (κ2) is 12.8. The number of rotatable bonds is 9.